The van der Waals surface area contributed by atoms with Crippen LogP contribution < -0.4 is 10.6 Å². The van der Waals surface area contributed by atoms with Crippen molar-refractivity contribution >= 4 is 17.8 Å². The van der Waals surface area contributed by atoms with Crippen molar-refractivity contribution in [1.82, 2.24) is 10.6 Å². The highest BCUT2D eigenvalue weighted by molar-refractivity contribution is 5.90. The molecule has 0 heterocycles. The highest BCUT2D eigenvalue weighted by Crippen LogP contribution is 2.13. The van der Waals surface area contributed by atoms with Gasteiger partial charge in [-0.3, -0.25) is 9.59 Å². The second kappa shape index (κ2) is 12.0. The molecule has 156 valence electrons. The molecule has 3 N–H and O–H groups in total. The van der Waals surface area contributed by atoms with Gasteiger partial charge < -0.3 is 20.5 Å². The Bertz CT molecular complexity index is 643. The van der Waals surface area contributed by atoms with Gasteiger partial charge in [-0.15, -0.1) is 0 Å². The van der Waals surface area contributed by atoms with Crippen LogP contribution in [0.3, 0.4) is 0 Å². The highest BCUT2D eigenvalue weighted by Gasteiger charge is 2.28. The first-order valence-electron chi connectivity index (χ1n) is 9.74. The molecule has 1 aromatic carbocycles. The minimum atomic E-state index is -0.877. The van der Waals surface area contributed by atoms with E-state index in [2.05, 4.69) is 10.6 Å². The Labute approximate surface area is 166 Å². The van der Waals surface area contributed by atoms with E-state index in [1.165, 1.54) is 19.1 Å². The molecule has 28 heavy (non-hydrogen) atoms. The maximum Gasteiger partial charge on any atom is 0.328 e. The van der Waals surface area contributed by atoms with Crippen molar-refractivity contribution in [3.05, 3.63) is 29.8 Å². The molecule has 0 radical (unpaired) electrons. The van der Waals surface area contributed by atoms with Crippen LogP contribution in [0.25, 0.3) is 0 Å². The molecule has 0 aliphatic rings. The van der Waals surface area contributed by atoms with Gasteiger partial charge in [0, 0.05) is 13.3 Å². The highest BCUT2D eigenvalue weighted by atomic mass is 16.5. The summed E-state index contributed by atoms with van der Waals surface area (Å²) in [5.41, 5.74) is 0.774. The molecule has 0 aliphatic carbocycles. The monoisotopic (exact) mass is 392 g/mol. The molecular formula is C21H32N2O5. The van der Waals surface area contributed by atoms with Gasteiger partial charge in [-0.1, -0.05) is 39.3 Å². The van der Waals surface area contributed by atoms with Gasteiger partial charge in [0.15, 0.2) is 0 Å². The molecule has 0 saturated carbocycles. The largest absolute Gasteiger partial charge is 0.508 e. The molecule has 7 heteroatoms. The summed E-state index contributed by atoms with van der Waals surface area (Å²) in [5.74, 6) is -0.922. The van der Waals surface area contributed by atoms with Gasteiger partial charge in [-0.05, 0) is 36.5 Å². The summed E-state index contributed by atoms with van der Waals surface area (Å²) in [6, 6.07) is 4.83. The molecule has 1 aromatic rings. The third-order valence-corrected chi connectivity index (χ3v) is 4.12. The Morgan fingerprint density at radius 1 is 1.07 bits per heavy atom. The number of phenols is 1. The fourth-order valence-corrected chi connectivity index (χ4v) is 2.70. The summed E-state index contributed by atoms with van der Waals surface area (Å²) in [4.78, 5) is 36.7. The number of phenolic OH excluding ortho intramolecular Hbond substituents is 1. The molecule has 0 unspecified atom stereocenters. The SMILES string of the molecule is CCCCOC(=O)[C@H](Cc1ccc(O)cc1)NC(=O)[C@H](CC(C)C)NC(C)=O. The van der Waals surface area contributed by atoms with E-state index in [9.17, 15) is 19.5 Å². The molecule has 0 spiro atoms. The molecule has 7 nitrogen and oxygen atoms in total. The lowest BCUT2D eigenvalue weighted by Crippen LogP contribution is -2.52. The van der Waals surface area contributed by atoms with Gasteiger partial charge in [-0.25, -0.2) is 4.79 Å². The lowest BCUT2D eigenvalue weighted by atomic mass is 10.0. The smallest absolute Gasteiger partial charge is 0.328 e. The van der Waals surface area contributed by atoms with Gasteiger partial charge in [0.1, 0.15) is 17.8 Å². The number of carbonyl (C=O) groups is 3. The van der Waals surface area contributed by atoms with Gasteiger partial charge in [0.05, 0.1) is 6.61 Å². The summed E-state index contributed by atoms with van der Waals surface area (Å²) in [5, 5.41) is 14.8. The third-order valence-electron chi connectivity index (χ3n) is 4.12. The van der Waals surface area contributed by atoms with Crippen LogP contribution in [0.5, 0.6) is 5.75 Å². The molecular weight excluding hydrogens is 360 g/mol. The second-order valence-electron chi connectivity index (χ2n) is 7.34. The number of unbranched alkanes of at least 4 members (excludes halogenated alkanes) is 1. The van der Waals surface area contributed by atoms with Gasteiger partial charge in [0.2, 0.25) is 11.8 Å². The number of esters is 1. The van der Waals surface area contributed by atoms with Crippen molar-refractivity contribution in [2.75, 3.05) is 6.61 Å². The normalized spacial score (nSPS) is 12.9. The van der Waals surface area contributed by atoms with E-state index >= 15 is 0 Å². The zero-order chi connectivity index (χ0) is 21.1. The molecule has 2 atom stereocenters. The average molecular weight is 392 g/mol. The number of rotatable bonds is 11. The topological polar surface area (TPSA) is 105 Å². The zero-order valence-corrected chi connectivity index (χ0v) is 17.2. The van der Waals surface area contributed by atoms with Gasteiger partial charge >= 0.3 is 5.97 Å². The minimum absolute atomic E-state index is 0.123. The standard InChI is InChI=1S/C21H32N2O5/c1-5-6-11-28-21(27)19(13-16-7-9-17(25)10-8-16)23-20(26)18(12-14(2)3)22-15(4)24/h7-10,14,18-19,25H,5-6,11-13H2,1-4H3,(H,22,24)(H,23,26)/t18-,19-/m0/s1. The number of amides is 2. The third kappa shape index (κ3) is 8.88. The maximum atomic E-state index is 12.7. The molecule has 0 fully saturated rings. The molecule has 0 aromatic heterocycles. The van der Waals surface area contributed by atoms with E-state index in [4.69, 9.17) is 4.74 Å². The van der Waals surface area contributed by atoms with Crippen LogP contribution in [0.2, 0.25) is 0 Å². The van der Waals surface area contributed by atoms with E-state index in [1.807, 2.05) is 20.8 Å². The summed E-state index contributed by atoms with van der Waals surface area (Å²) in [7, 11) is 0. The van der Waals surface area contributed by atoms with Crippen molar-refractivity contribution in [2.45, 2.75) is 65.5 Å². The summed E-state index contributed by atoms with van der Waals surface area (Å²) >= 11 is 0. The number of benzene rings is 1. The van der Waals surface area contributed by atoms with Crippen LogP contribution in [0.15, 0.2) is 24.3 Å². The number of nitrogens with one attached hydrogen (secondary N) is 2. The van der Waals surface area contributed by atoms with Crippen molar-refractivity contribution in [2.24, 2.45) is 5.92 Å². The Hall–Kier alpha value is -2.57. The van der Waals surface area contributed by atoms with Crippen LogP contribution in [0.4, 0.5) is 0 Å². The number of aromatic hydroxyl groups is 1. The number of hydrogen-bond donors (Lipinski definition) is 3. The second-order valence-corrected chi connectivity index (χ2v) is 7.34. The lowest BCUT2D eigenvalue weighted by molar-refractivity contribution is -0.148. The summed E-state index contributed by atoms with van der Waals surface area (Å²) in [6.07, 6.45) is 2.32. The van der Waals surface area contributed by atoms with Crippen LogP contribution in [-0.4, -0.2) is 41.6 Å². The minimum Gasteiger partial charge on any atom is -0.508 e. The van der Waals surface area contributed by atoms with Crippen molar-refractivity contribution in [1.29, 1.82) is 0 Å². The van der Waals surface area contributed by atoms with Crippen molar-refractivity contribution in [3.63, 3.8) is 0 Å². The fourth-order valence-electron chi connectivity index (χ4n) is 2.70. The Balaban J connectivity index is 2.91. The van der Waals surface area contributed by atoms with Crippen LogP contribution in [0.1, 0.15) is 52.5 Å². The van der Waals surface area contributed by atoms with Gasteiger partial charge in [-0.2, -0.15) is 0 Å². The number of carbonyl (C=O) groups excluding carboxylic acids is 3. The first-order chi connectivity index (χ1) is 13.2. The Morgan fingerprint density at radius 2 is 1.71 bits per heavy atom. The zero-order valence-electron chi connectivity index (χ0n) is 17.2. The number of hydrogen-bond acceptors (Lipinski definition) is 5. The van der Waals surface area contributed by atoms with Crippen LogP contribution >= 0.6 is 0 Å². The molecule has 0 saturated heterocycles. The van der Waals surface area contributed by atoms with Crippen molar-refractivity contribution < 1.29 is 24.2 Å². The van der Waals surface area contributed by atoms with Crippen molar-refractivity contribution in [3.8, 4) is 5.75 Å². The fraction of sp³-hybridized carbons (Fsp3) is 0.571. The average Bonchev–Trinajstić information content (AvgIpc) is 2.61. The van der Waals surface area contributed by atoms with Crippen LogP contribution in [0, 0.1) is 5.92 Å². The summed E-state index contributed by atoms with van der Waals surface area (Å²) in [6.45, 7) is 7.55. The predicted octanol–water partition coefficient (Wildman–Crippen LogP) is 2.31. The molecule has 1 rings (SSSR count). The molecule has 0 aliphatic heterocycles. The van der Waals surface area contributed by atoms with E-state index in [1.54, 1.807) is 12.1 Å². The maximum absolute atomic E-state index is 12.7. The first-order valence-corrected chi connectivity index (χ1v) is 9.74. The summed E-state index contributed by atoms with van der Waals surface area (Å²) < 4.78 is 5.29. The van der Waals surface area contributed by atoms with E-state index < -0.39 is 24.0 Å². The van der Waals surface area contributed by atoms with Gasteiger partial charge in [0.25, 0.3) is 0 Å². The lowest BCUT2D eigenvalue weighted by Gasteiger charge is -2.23. The Kier molecular flexibility index (Phi) is 10.1. The van der Waals surface area contributed by atoms with E-state index in [0.29, 0.717) is 13.0 Å². The Morgan fingerprint density at radius 3 is 2.25 bits per heavy atom. The van der Waals surface area contributed by atoms with E-state index in [-0.39, 0.29) is 24.0 Å². The predicted molar refractivity (Wildman–Crippen MR) is 107 cm³/mol. The van der Waals surface area contributed by atoms with E-state index in [0.717, 1.165) is 18.4 Å². The quantitative estimate of drug-likeness (QED) is 0.396. The number of ether oxygens (including phenoxy) is 1. The molecule has 0 bridgehead atoms. The molecule has 2 amide bonds. The first kappa shape index (κ1) is 23.5. The van der Waals surface area contributed by atoms with Crippen LogP contribution in [-0.2, 0) is 25.5 Å².